The van der Waals surface area contributed by atoms with E-state index in [1.165, 1.54) is 6.07 Å². The number of rotatable bonds is 2. The van der Waals surface area contributed by atoms with Crippen molar-refractivity contribution in [2.45, 2.75) is 18.7 Å². The van der Waals surface area contributed by atoms with Gasteiger partial charge in [0.25, 0.3) is 0 Å². The van der Waals surface area contributed by atoms with E-state index in [2.05, 4.69) is 15.9 Å². The van der Waals surface area contributed by atoms with Crippen LogP contribution in [0.3, 0.4) is 0 Å². The first-order valence-electron chi connectivity index (χ1n) is 3.97. The van der Waals surface area contributed by atoms with Gasteiger partial charge in [0.2, 0.25) is 0 Å². The van der Waals surface area contributed by atoms with Gasteiger partial charge in [0.15, 0.2) is 5.78 Å². The molecule has 1 aromatic rings. The van der Waals surface area contributed by atoms with Gasteiger partial charge in [-0.2, -0.15) is 0 Å². The third kappa shape index (κ3) is 2.37. The molecule has 13 heavy (non-hydrogen) atoms. The number of carbonyl (C=O) groups is 1. The van der Waals surface area contributed by atoms with Crippen LogP contribution in [-0.4, -0.2) is 10.6 Å². The molecule has 0 radical (unpaired) electrons. The maximum Gasteiger partial charge on any atom is 0.176 e. The molecule has 0 bridgehead atoms. The molecule has 0 aromatic heterocycles. The van der Waals surface area contributed by atoms with E-state index in [1.807, 2.05) is 0 Å². The largest absolute Gasteiger partial charge is 0.293 e. The number of benzene rings is 1. The number of aryl methyl sites for hydroxylation is 1. The Kier molecular flexibility index (Phi) is 3.20. The Hall–Kier alpha value is -0.700. The van der Waals surface area contributed by atoms with Crippen molar-refractivity contribution in [2.24, 2.45) is 0 Å². The second-order valence-electron chi connectivity index (χ2n) is 2.94. The van der Waals surface area contributed by atoms with E-state index < -0.39 is 0 Å². The van der Waals surface area contributed by atoms with Gasteiger partial charge in [0, 0.05) is 5.56 Å². The predicted octanol–water partition coefficient (Wildman–Crippen LogP) is 3.10. The van der Waals surface area contributed by atoms with Crippen molar-refractivity contribution in [1.82, 2.24) is 0 Å². The number of alkyl halides is 1. The summed E-state index contributed by atoms with van der Waals surface area (Å²) < 4.78 is 13.0. The minimum absolute atomic E-state index is 0.0982. The van der Waals surface area contributed by atoms with Crippen LogP contribution in [0.2, 0.25) is 0 Å². The lowest BCUT2D eigenvalue weighted by atomic mass is 10.1. The van der Waals surface area contributed by atoms with Crippen LogP contribution in [0.15, 0.2) is 18.2 Å². The van der Waals surface area contributed by atoms with E-state index in [0.29, 0.717) is 11.1 Å². The van der Waals surface area contributed by atoms with E-state index in [0.717, 1.165) is 0 Å². The fraction of sp³-hybridized carbons (Fsp3) is 0.300. The number of halogens is 2. The Morgan fingerprint density at radius 3 is 2.62 bits per heavy atom. The highest BCUT2D eigenvalue weighted by atomic mass is 79.9. The first-order valence-corrected chi connectivity index (χ1v) is 4.88. The molecular formula is C10H10BrFO. The SMILES string of the molecule is Cc1ccc(C(=O)C(C)Br)cc1F. The molecule has 0 amide bonds. The van der Waals surface area contributed by atoms with E-state index >= 15 is 0 Å². The summed E-state index contributed by atoms with van der Waals surface area (Å²) in [5.41, 5.74) is 0.964. The summed E-state index contributed by atoms with van der Waals surface area (Å²) in [6, 6.07) is 4.52. The molecule has 3 heteroatoms. The fourth-order valence-corrected chi connectivity index (χ4v) is 1.24. The van der Waals surface area contributed by atoms with Crippen LogP contribution in [0.1, 0.15) is 22.8 Å². The predicted molar refractivity (Wildman–Crippen MR) is 53.9 cm³/mol. The number of ketones is 1. The van der Waals surface area contributed by atoms with Gasteiger partial charge in [-0.25, -0.2) is 4.39 Å². The number of Topliss-reactive ketones (excluding diaryl/α,β-unsaturated/α-hetero) is 1. The second-order valence-corrected chi connectivity index (χ2v) is 4.32. The molecule has 0 heterocycles. The van der Waals surface area contributed by atoms with Gasteiger partial charge in [-0.15, -0.1) is 0 Å². The summed E-state index contributed by atoms with van der Waals surface area (Å²) >= 11 is 3.15. The van der Waals surface area contributed by atoms with Crippen molar-refractivity contribution in [3.8, 4) is 0 Å². The lowest BCUT2D eigenvalue weighted by molar-refractivity contribution is 0.0995. The number of carbonyl (C=O) groups excluding carboxylic acids is 1. The van der Waals surface area contributed by atoms with Crippen LogP contribution in [0, 0.1) is 12.7 Å². The van der Waals surface area contributed by atoms with Crippen LogP contribution in [-0.2, 0) is 0 Å². The molecular weight excluding hydrogens is 235 g/mol. The zero-order chi connectivity index (χ0) is 10.0. The second kappa shape index (κ2) is 4.01. The Bertz CT molecular complexity index is 334. The lowest BCUT2D eigenvalue weighted by Gasteiger charge is -2.03. The Morgan fingerprint density at radius 1 is 1.54 bits per heavy atom. The van der Waals surface area contributed by atoms with Crippen LogP contribution in [0.25, 0.3) is 0 Å². The van der Waals surface area contributed by atoms with E-state index in [1.54, 1.807) is 26.0 Å². The molecule has 0 aliphatic rings. The molecule has 0 spiro atoms. The van der Waals surface area contributed by atoms with E-state index in [4.69, 9.17) is 0 Å². The average molecular weight is 245 g/mol. The van der Waals surface area contributed by atoms with Crippen LogP contribution < -0.4 is 0 Å². The van der Waals surface area contributed by atoms with Crippen molar-refractivity contribution in [3.63, 3.8) is 0 Å². The zero-order valence-corrected chi connectivity index (χ0v) is 9.06. The molecule has 0 fully saturated rings. The molecule has 70 valence electrons. The molecule has 0 saturated heterocycles. The first-order chi connectivity index (χ1) is 6.02. The number of hydrogen-bond acceptors (Lipinski definition) is 1. The summed E-state index contributed by atoms with van der Waals surface area (Å²) in [4.78, 5) is 11.1. The summed E-state index contributed by atoms with van der Waals surface area (Å²) in [7, 11) is 0. The molecule has 0 saturated carbocycles. The first kappa shape index (κ1) is 10.4. The average Bonchev–Trinajstić information content (AvgIpc) is 2.08. The van der Waals surface area contributed by atoms with Crippen LogP contribution >= 0.6 is 15.9 Å². The van der Waals surface area contributed by atoms with Crippen molar-refractivity contribution >= 4 is 21.7 Å². The monoisotopic (exact) mass is 244 g/mol. The van der Waals surface area contributed by atoms with E-state index in [-0.39, 0.29) is 16.4 Å². The maximum atomic E-state index is 13.0. The molecule has 1 aromatic carbocycles. The Morgan fingerprint density at radius 2 is 2.15 bits per heavy atom. The summed E-state index contributed by atoms with van der Waals surface area (Å²) in [5, 5.41) is 0. The van der Waals surface area contributed by atoms with Crippen molar-refractivity contribution in [3.05, 3.63) is 35.1 Å². The fourth-order valence-electron chi connectivity index (χ4n) is 0.976. The highest BCUT2D eigenvalue weighted by molar-refractivity contribution is 9.10. The highest BCUT2D eigenvalue weighted by Gasteiger charge is 2.12. The zero-order valence-electron chi connectivity index (χ0n) is 7.47. The van der Waals surface area contributed by atoms with Crippen LogP contribution in [0.5, 0.6) is 0 Å². The molecule has 0 aliphatic carbocycles. The standard InChI is InChI=1S/C10H10BrFO/c1-6-3-4-8(5-9(6)12)10(13)7(2)11/h3-5,7H,1-2H3. The smallest absolute Gasteiger partial charge is 0.176 e. The molecule has 1 unspecified atom stereocenters. The third-order valence-electron chi connectivity index (χ3n) is 1.82. The van der Waals surface area contributed by atoms with Crippen molar-refractivity contribution in [2.75, 3.05) is 0 Å². The van der Waals surface area contributed by atoms with Gasteiger partial charge < -0.3 is 0 Å². The van der Waals surface area contributed by atoms with Crippen LogP contribution in [0.4, 0.5) is 4.39 Å². The highest BCUT2D eigenvalue weighted by Crippen LogP contribution is 2.13. The van der Waals surface area contributed by atoms with Gasteiger partial charge in [0.1, 0.15) is 5.82 Å². The Balaban J connectivity index is 3.04. The van der Waals surface area contributed by atoms with Gasteiger partial charge in [0.05, 0.1) is 4.83 Å². The lowest BCUT2D eigenvalue weighted by Crippen LogP contribution is -2.10. The Labute approximate surface area is 85.1 Å². The normalized spacial score (nSPS) is 12.6. The third-order valence-corrected chi connectivity index (χ3v) is 2.23. The summed E-state index contributed by atoms with van der Waals surface area (Å²) in [6.45, 7) is 3.39. The van der Waals surface area contributed by atoms with Crippen molar-refractivity contribution in [1.29, 1.82) is 0 Å². The topological polar surface area (TPSA) is 17.1 Å². The molecule has 0 aliphatic heterocycles. The van der Waals surface area contributed by atoms with Crippen molar-refractivity contribution < 1.29 is 9.18 Å². The molecule has 1 nitrogen and oxygen atoms in total. The minimum atomic E-state index is -0.334. The molecule has 1 atom stereocenters. The molecule has 1 rings (SSSR count). The van der Waals surface area contributed by atoms with Gasteiger partial charge in [-0.3, -0.25) is 4.79 Å². The van der Waals surface area contributed by atoms with Gasteiger partial charge in [-0.05, 0) is 25.5 Å². The number of hydrogen-bond donors (Lipinski definition) is 0. The summed E-state index contributed by atoms with van der Waals surface area (Å²) in [6.07, 6.45) is 0. The summed E-state index contributed by atoms with van der Waals surface area (Å²) in [5.74, 6) is -0.432. The maximum absolute atomic E-state index is 13.0. The molecule has 0 N–H and O–H groups in total. The quantitative estimate of drug-likeness (QED) is 0.578. The minimum Gasteiger partial charge on any atom is -0.293 e. The van der Waals surface area contributed by atoms with Gasteiger partial charge in [-0.1, -0.05) is 28.1 Å². The van der Waals surface area contributed by atoms with E-state index in [9.17, 15) is 9.18 Å². The van der Waals surface area contributed by atoms with Gasteiger partial charge >= 0.3 is 0 Å².